The molecule has 0 amide bonds. The van der Waals surface area contributed by atoms with E-state index in [0.717, 1.165) is 14.0 Å². The number of hydrogen-bond donors (Lipinski definition) is 0. The first-order chi connectivity index (χ1) is 11.1. The van der Waals surface area contributed by atoms with Crippen molar-refractivity contribution in [3.05, 3.63) is 53.6 Å². The van der Waals surface area contributed by atoms with E-state index >= 15 is 0 Å². The van der Waals surface area contributed by atoms with Crippen LogP contribution in [0.25, 0.3) is 6.08 Å². The molecule has 0 heterocycles. The molecule has 126 valence electrons. The Kier molecular flexibility index (Phi) is 5.38. The van der Waals surface area contributed by atoms with Crippen molar-refractivity contribution < 1.29 is 29.1 Å². The lowest BCUT2D eigenvalue weighted by atomic mass is 10.0. The lowest BCUT2D eigenvalue weighted by Crippen LogP contribution is -2.12. The van der Waals surface area contributed by atoms with E-state index in [1.807, 2.05) is 0 Å². The van der Waals surface area contributed by atoms with E-state index in [2.05, 4.69) is 4.74 Å². The number of nitrogens with zero attached hydrogens (tertiary/aromatic N) is 3. The van der Waals surface area contributed by atoms with E-state index < -0.39 is 54.7 Å². The van der Waals surface area contributed by atoms with Gasteiger partial charge in [-0.25, -0.2) is 4.79 Å². The number of nitro groups is 3. The van der Waals surface area contributed by atoms with Gasteiger partial charge >= 0.3 is 5.97 Å². The Balaban J connectivity index is 3.87. The lowest BCUT2D eigenvalue weighted by Gasteiger charge is -2.04. The van der Waals surface area contributed by atoms with Gasteiger partial charge in [-0.15, -0.1) is 0 Å². The predicted octanol–water partition coefficient (Wildman–Crippen LogP) is 1.56. The monoisotopic (exact) mass is 339 g/mol. The minimum absolute atomic E-state index is 0.494. The number of esters is 1. The van der Waals surface area contributed by atoms with Crippen molar-refractivity contribution in [1.82, 2.24) is 0 Å². The zero-order chi connectivity index (χ0) is 18.6. The van der Waals surface area contributed by atoms with Gasteiger partial charge < -0.3 is 4.74 Å². The third kappa shape index (κ3) is 3.73. The van der Waals surface area contributed by atoms with Crippen LogP contribution in [0.15, 0.2) is 17.7 Å². The summed E-state index contributed by atoms with van der Waals surface area (Å²) in [7, 11) is 0.942. The summed E-state index contributed by atoms with van der Waals surface area (Å²) in [5.74, 6) is -2.02. The van der Waals surface area contributed by atoms with Crippen molar-refractivity contribution >= 4 is 34.9 Å². The standard InChI is InChI=1S/C12H9N3O9/c1-6(16)8(12(17)24-2)5-9-10(14(20)21)3-7(13(18)19)4-11(9)15(22)23/h3-5H,1-2H3/b8-5-. The lowest BCUT2D eigenvalue weighted by molar-refractivity contribution is -0.403. The Morgan fingerprint density at radius 1 is 1.00 bits per heavy atom. The minimum atomic E-state index is -1.16. The summed E-state index contributed by atoms with van der Waals surface area (Å²) in [4.78, 5) is 52.7. The van der Waals surface area contributed by atoms with Gasteiger partial charge in [-0.05, 0) is 13.0 Å². The van der Waals surface area contributed by atoms with Gasteiger partial charge in [0.15, 0.2) is 5.78 Å². The highest BCUT2D eigenvalue weighted by molar-refractivity contribution is 6.20. The van der Waals surface area contributed by atoms with Gasteiger partial charge in [0.05, 0.1) is 34.0 Å². The van der Waals surface area contributed by atoms with Crippen molar-refractivity contribution in [2.45, 2.75) is 6.92 Å². The van der Waals surface area contributed by atoms with Crippen molar-refractivity contribution in [2.24, 2.45) is 0 Å². The molecule has 0 unspecified atom stereocenters. The summed E-state index contributed by atoms with van der Waals surface area (Å²) >= 11 is 0. The third-order valence-corrected chi connectivity index (χ3v) is 2.80. The first-order valence-corrected chi connectivity index (χ1v) is 6.02. The van der Waals surface area contributed by atoms with E-state index in [1.54, 1.807) is 0 Å². The molecule has 0 aromatic heterocycles. The molecule has 0 fully saturated rings. The van der Waals surface area contributed by atoms with E-state index in [-0.39, 0.29) is 0 Å². The van der Waals surface area contributed by atoms with Crippen LogP contribution >= 0.6 is 0 Å². The molecule has 0 atom stereocenters. The smallest absolute Gasteiger partial charge is 0.341 e. The van der Waals surface area contributed by atoms with E-state index in [4.69, 9.17) is 0 Å². The zero-order valence-corrected chi connectivity index (χ0v) is 12.2. The molecule has 1 aromatic carbocycles. The number of carbonyl (C=O) groups excluding carboxylic acids is 2. The Morgan fingerprint density at radius 2 is 1.46 bits per heavy atom. The summed E-state index contributed by atoms with van der Waals surface area (Å²) in [6.45, 7) is 0.950. The molecule has 12 nitrogen and oxygen atoms in total. The molecular weight excluding hydrogens is 330 g/mol. The number of carbonyl (C=O) groups is 2. The van der Waals surface area contributed by atoms with Gasteiger partial charge in [-0.2, -0.15) is 0 Å². The molecule has 1 aromatic rings. The van der Waals surface area contributed by atoms with Crippen LogP contribution in [0.2, 0.25) is 0 Å². The molecule has 24 heavy (non-hydrogen) atoms. The van der Waals surface area contributed by atoms with Crippen molar-refractivity contribution in [1.29, 1.82) is 0 Å². The second-order valence-corrected chi connectivity index (χ2v) is 4.27. The third-order valence-electron chi connectivity index (χ3n) is 2.80. The van der Waals surface area contributed by atoms with Gasteiger partial charge in [0.25, 0.3) is 17.1 Å². The molecule has 0 radical (unpaired) electrons. The van der Waals surface area contributed by atoms with E-state index in [9.17, 15) is 39.9 Å². The molecule has 0 aliphatic rings. The second kappa shape index (κ2) is 7.04. The summed E-state index contributed by atoms with van der Waals surface area (Å²) in [5, 5.41) is 32.9. The number of rotatable bonds is 6. The fourth-order valence-electron chi connectivity index (χ4n) is 1.72. The summed E-state index contributed by atoms with van der Waals surface area (Å²) in [6, 6.07) is 0.988. The van der Waals surface area contributed by atoms with Crippen LogP contribution in [0.3, 0.4) is 0 Å². The molecule has 1 rings (SSSR count). The fraction of sp³-hybridized carbons (Fsp3) is 0.167. The number of benzene rings is 1. The number of non-ortho nitro benzene ring substituents is 1. The predicted molar refractivity (Wildman–Crippen MR) is 77.1 cm³/mol. The number of Topliss-reactive ketones (excluding diaryl/α,β-unsaturated/α-hetero) is 1. The summed E-state index contributed by atoms with van der Waals surface area (Å²) in [6.07, 6.45) is 0.605. The highest BCUT2D eigenvalue weighted by atomic mass is 16.6. The van der Waals surface area contributed by atoms with Gasteiger partial charge in [0.1, 0.15) is 11.1 Å². The number of hydrogen-bond acceptors (Lipinski definition) is 9. The Bertz CT molecular complexity index is 762. The highest BCUT2D eigenvalue weighted by Gasteiger charge is 2.30. The van der Waals surface area contributed by atoms with Crippen LogP contribution in [0.1, 0.15) is 12.5 Å². The van der Waals surface area contributed by atoms with Crippen molar-refractivity contribution in [2.75, 3.05) is 7.11 Å². The van der Waals surface area contributed by atoms with Gasteiger partial charge in [0.2, 0.25) is 0 Å². The zero-order valence-electron chi connectivity index (χ0n) is 12.2. The maximum absolute atomic E-state index is 11.5. The topological polar surface area (TPSA) is 173 Å². The molecular formula is C12H9N3O9. The average molecular weight is 339 g/mol. The fourth-order valence-corrected chi connectivity index (χ4v) is 1.72. The number of ketones is 1. The highest BCUT2D eigenvalue weighted by Crippen LogP contribution is 2.35. The molecule has 0 spiro atoms. The molecule has 0 N–H and O–H groups in total. The van der Waals surface area contributed by atoms with Crippen molar-refractivity contribution in [3.63, 3.8) is 0 Å². The van der Waals surface area contributed by atoms with Crippen LogP contribution in [0.5, 0.6) is 0 Å². The molecule has 0 aliphatic heterocycles. The first-order valence-electron chi connectivity index (χ1n) is 6.02. The van der Waals surface area contributed by atoms with Crippen LogP contribution in [0, 0.1) is 30.3 Å². The van der Waals surface area contributed by atoms with Crippen LogP contribution in [-0.4, -0.2) is 33.6 Å². The van der Waals surface area contributed by atoms with Crippen LogP contribution in [-0.2, 0) is 14.3 Å². The quantitative estimate of drug-likeness (QED) is 0.186. The molecule has 0 aliphatic carbocycles. The Hall–Kier alpha value is -3.70. The van der Waals surface area contributed by atoms with Gasteiger partial charge in [-0.1, -0.05) is 0 Å². The first kappa shape index (κ1) is 18.3. The summed E-state index contributed by atoms with van der Waals surface area (Å²) < 4.78 is 4.33. The number of nitro benzene ring substituents is 3. The molecule has 0 saturated heterocycles. The minimum Gasteiger partial charge on any atom is -0.465 e. The van der Waals surface area contributed by atoms with E-state index in [1.165, 1.54) is 0 Å². The maximum Gasteiger partial charge on any atom is 0.341 e. The average Bonchev–Trinajstić information content (AvgIpc) is 2.50. The van der Waals surface area contributed by atoms with Crippen molar-refractivity contribution in [3.8, 4) is 0 Å². The SMILES string of the molecule is COC(=O)/C(=C\c1c([N+](=O)[O-])cc([N+](=O)[O-])cc1[N+](=O)[O-])C(C)=O. The normalized spacial score (nSPS) is 10.8. The van der Waals surface area contributed by atoms with E-state index in [0.29, 0.717) is 18.2 Å². The maximum atomic E-state index is 11.5. The van der Waals surface area contributed by atoms with Gasteiger partial charge in [-0.3, -0.25) is 35.1 Å². The van der Waals surface area contributed by atoms with Gasteiger partial charge in [0, 0.05) is 0 Å². The molecule has 12 heteroatoms. The Labute approximate surface area is 132 Å². The molecule has 0 bridgehead atoms. The molecule has 0 saturated carbocycles. The van der Waals surface area contributed by atoms with Crippen LogP contribution in [0.4, 0.5) is 17.1 Å². The largest absolute Gasteiger partial charge is 0.465 e. The second-order valence-electron chi connectivity index (χ2n) is 4.27. The Morgan fingerprint density at radius 3 is 1.75 bits per heavy atom. The summed E-state index contributed by atoms with van der Waals surface area (Å²) in [5.41, 5.74) is -4.30. The van der Waals surface area contributed by atoms with Crippen LogP contribution < -0.4 is 0 Å². The number of ether oxygens (including phenoxy) is 1. The number of methoxy groups -OCH3 is 1.